The van der Waals surface area contributed by atoms with Gasteiger partial charge in [0.05, 0.1) is 17.6 Å². The van der Waals surface area contributed by atoms with Gasteiger partial charge in [-0.25, -0.2) is 0 Å². The Kier molecular flexibility index (Phi) is 4.52. The molecule has 1 aliphatic carbocycles. The van der Waals surface area contributed by atoms with Gasteiger partial charge in [0.2, 0.25) is 6.79 Å². The number of allylic oxidation sites excluding steroid dienone is 3. The Hall–Kier alpha value is -3.24. The second-order valence-corrected chi connectivity index (χ2v) is 8.32. The summed E-state index contributed by atoms with van der Waals surface area (Å²) in [6, 6.07) is 15.5. The highest BCUT2D eigenvalue weighted by atomic mass is 79.9. The lowest BCUT2D eigenvalue weighted by molar-refractivity contribution is -0.116. The number of fused-ring (bicyclic) bond motifs is 1. The fourth-order valence-electron chi connectivity index (χ4n) is 4.40. The number of ether oxygens (including phenoxy) is 2. The monoisotopic (exact) mass is 463 g/mol. The standard InChI is InChI=1S/C23H18BrN3O3/c24-14-5-7-15(8-6-14)27-17-2-1-3-18(28)22(17)21(16(11-25)23(27)26)13-4-9-19-20(10-13)30-12-29-19/h4-10,21H,1-3,12,26H2/t21-/m1/s1. The van der Waals surface area contributed by atoms with Gasteiger partial charge >= 0.3 is 0 Å². The zero-order chi connectivity index (χ0) is 20.8. The Balaban J connectivity index is 1.72. The first-order chi connectivity index (χ1) is 14.6. The zero-order valence-electron chi connectivity index (χ0n) is 16.0. The summed E-state index contributed by atoms with van der Waals surface area (Å²) in [5.74, 6) is 1.17. The molecule has 0 fully saturated rings. The van der Waals surface area contributed by atoms with Gasteiger partial charge in [-0.05, 0) is 54.8 Å². The van der Waals surface area contributed by atoms with Gasteiger partial charge in [0.15, 0.2) is 17.3 Å². The second-order valence-electron chi connectivity index (χ2n) is 7.41. The van der Waals surface area contributed by atoms with E-state index in [0.717, 1.165) is 34.3 Å². The van der Waals surface area contributed by atoms with E-state index in [4.69, 9.17) is 15.2 Å². The van der Waals surface area contributed by atoms with Crippen molar-refractivity contribution in [3.63, 3.8) is 0 Å². The van der Waals surface area contributed by atoms with E-state index in [-0.39, 0.29) is 12.6 Å². The Bertz CT molecular complexity index is 1160. The van der Waals surface area contributed by atoms with Gasteiger partial charge in [0.25, 0.3) is 0 Å². The molecule has 0 unspecified atom stereocenters. The average molecular weight is 464 g/mol. The number of anilines is 1. The van der Waals surface area contributed by atoms with Crippen molar-refractivity contribution in [3.05, 3.63) is 75.2 Å². The summed E-state index contributed by atoms with van der Waals surface area (Å²) in [4.78, 5) is 15.0. The van der Waals surface area contributed by atoms with Gasteiger partial charge < -0.3 is 15.2 Å². The first kappa shape index (κ1) is 18.8. The minimum absolute atomic E-state index is 0.0567. The molecule has 2 aromatic carbocycles. The molecule has 0 saturated carbocycles. The van der Waals surface area contributed by atoms with Crippen molar-refractivity contribution >= 4 is 27.4 Å². The van der Waals surface area contributed by atoms with Gasteiger partial charge in [0, 0.05) is 27.9 Å². The Morgan fingerprint density at radius 1 is 1.10 bits per heavy atom. The molecule has 6 nitrogen and oxygen atoms in total. The van der Waals surface area contributed by atoms with Crippen LogP contribution in [0.15, 0.2) is 69.6 Å². The van der Waals surface area contributed by atoms with Crippen LogP contribution in [0.4, 0.5) is 5.69 Å². The average Bonchev–Trinajstić information content (AvgIpc) is 3.22. The van der Waals surface area contributed by atoms with Crippen molar-refractivity contribution in [2.24, 2.45) is 5.73 Å². The summed E-state index contributed by atoms with van der Waals surface area (Å²) in [6.07, 6.45) is 1.94. The molecular weight excluding hydrogens is 446 g/mol. The van der Waals surface area contributed by atoms with Gasteiger partial charge in [0.1, 0.15) is 5.82 Å². The third-order valence-electron chi connectivity index (χ3n) is 5.73. The second kappa shape index (κ2) is 7.22. The zero-order valence-corrected chi connectivity index (χ0v) is 17.6. The summed E-state index contributed by atoms with van der Waals surface area (Å²) in [5.41, 5.74) is 10.1. The van der Waals surface area contributed by atoms with Crippen molar-refractivity contribution in [1.82, 2.24) is 0 Å². The van der Waals surface area contributed by atoms with Gasteiger partial charge in [-0.15, -0.1) is 0 Å². The lowest BCUT2D eigenvalue weighted by atomic mass is 9.75. The van der Waals surface area contributed by atoms with E-state index < -0.39 is 5.92 Å². The van der Waals surface area contributed by atoms with E-state index in [1.807, 2.05) is 47.4 Å². The minimum atomic E-state index is -0.515. The highest BCUT2D eigenvalue weighted by Gasteiger charge is 2.40. The lowest BCUT2D eigenvalue weighted by Crippen LogP contribution is -2.38. The minimum Gasteiger partial charge on any atom is -0.454 e. The fraction of sp³-hybridized carbons (Fsp3) is 0.217. The number of hydrogen-bond acceptors (Lipinski definition) is 6. The third kappa shape index (κ3) is 2.87. The lowest BCUT2D eigenvalue weighted by Gasteiger charge is -2.39. The summed E-state index contributed by atoms with van der Waals surface area (Å²) < 4.78 is 11.9. The van der Waals surface area contributed by atoms with Crippen LogP contribution in [-0.2, 0) is 4.79 Å². The van der Waals surface area contributed by atoms with E-state index in [1.54, 1.807) is 0 Å². The van der Waals surface area contributed by atoms with Crippen LogP contribution in [0.2, 0.25) is 0 Å². The number of rotatable bonds is 2. The smallest absolute Gasteiger partial charge is 0.231 e. The molecule has 5 rings (SSSR count). The molecule has 3 aliphatic rings. The van der Waals surface area contributed by atoms with Crippen LogP contribution in [0.3, 0.4) is 0 Å². The van der Waals surface area contributed by atoms with E-state index in [0.29, 0.717) is 34.9 Å². The quantitative estimate of drug-likeness (QED) is 0.705. The summed E-state index contributed by atoms with van der Waals surface area (Å²) in [5, 5.41) is 10.1. The summed E-state index contributed by atoms with van der Waals surface area (Å²) >= 11 is 3.45. The van der Waals surface area contributed by atoms with Crippen LogP contribution in [-0.4, -0.2) is 12.6 Å². The molecule has 2 aromatic rings. The molecule has 0 bridgehead atoms. The predicted octanol–water partition coefficient (Wildman–Crippen LogP) is 4.48. The van der Waals surface area contributed by atoms with Crippen LogP contribution < -0.4 is 20.1 Å². The molecule has 30 heavy (non-hydrogen) atoms. The molecule has 1 atom stereocenters. The summed E-state index contributed by atoms with van der Waals surface area (Å²) in [6.45, 7) is 0.163. The normalized spacial score (nSPS) is 20.3. The molecule has 2 N–H and O–H groups in total. The number of carbonyl (C=O) groups is 1. The maximum Gasteiger partial charge on any atom is 0.231 e. The van der Waals surface area contributed by atoms with Gasteiger partial charge in [-0.1, -0.05) is 22.0 Å². The van der Waals surface area contributed by atoms with E-state index in [1.165, 1.54) is 0 Å². The third-order valence-corrected chi connectivity index (χ3v) is 6.26. The molecule has 2 aliphatic heterocycles. The number of benzene rings is 2. The molecule has 2 heterocycles. The maximum absolute atomic E-state index is 13.1. The van der Waals surface area contributed by atoms with Crippen molar-refractivity contribution < 1.29 is 14.3 Å². The molecule has 7 heteroatoms. The number of nitrogens with two attached hydrogens (primary N) is 1. The van der Waals surface area contributed by atoms with Crippen molar-refractivity contribution in [1.29, 1.82) is 5.26 Å². The molecule has 150 valence electrons. The maximum atomic E-state index is 13.1. The van der Waals surface area contributed by atoms with Crippen LogP contribution >= 0.6 is 15.9 Å². The Morgan fingerprint density at radius 2 is 1.87 bits per heavy atom. The molecule has 0 radical (unpaired) electrons. The predicted molar refractivity (Wildman–Crippen MR) is 115 cm³/mol. The van der Waals surface area contributed by atoms with Gasteiger partial charge in [-0.2, -0.15) is 5.26 Å². The number of carbonyl (C=O) groups excluding carboxylic acids is 1. The summed E-state index contributed by atoms with van der Waals surface area (Å²) in [7, 11) is 0. The van der Waals surface area contributed by atoms with E-state index in [9.17, 15) is 10.1 Å². The first-order valence-electron chi connectivity index (χ1n) is 9.69. The Labute approximate surface area is 182 Å². The molecule has 0 amide bonds. The number of nitriles is 1. The topological polar surface area (TPSA) is 88.6 Å². The van der Waals surface area contributed by atoms with Gasteiger partial charge in [-0.3, -0.25) is 9.69 Å². The number of hydrogen-bond donors (Lipinski definition) is 1. The first-order valence-corrected chi connectivity index (χ1v) is 10.5. The highest BCUT2D eigenvalue weighted by molar-refractivity contribution is 9.10. The van der Waals surface area contributed by atoms with Crippen molar-refractivity contribution in [2.45, 2.75) is 25.2 Å². The number of halogens is 1. The SMILES string of the molecule is N#CC1=C(N)N(c2ccc(Br)cc2)C2=C(C(=O)CCC2)[C@@H]1c1ccc2c(c1)OCO2. The van der Waals surface area contributed by atoms with Crippen LogP contribution in [0, 0.1) is 11.3 Å². The van der Waals surface area contributed by atoms with E-state index in [2.05, 4.69) is 22.0 Å². The highest BCUT2D eigenvalue weighted by Crippen LogP contribution is 2.47. The number of ketones is 1. The van der Waals surface area contributed by atoms with E-state index >= 15 is 0 Å². The Morgan fingerprint density at radius 3 is 2.63 bits per heavy atom. The molecule has 0 spiro atoms. The molecular formula is C23H18BrN3O3. The van der Waals surface area contributed by atoms with Crippen LogP contribution in [0.25, 0.3) is 0 Å². The molecule has 0 aromatic heterocycles. The number of nitrogens with zero attached hydrogens (tertiary/aromatic N) is 2. The fourth-order valence-corrected chi connectivity index (χ4v) is 4.66. The van der Waals surface area contributed by atoms with Crippen molar-refractivity contribution in [3.8, 4) is 17.6 Å². The number of Topliss-reactive ketones (excluding diaryl/α,β-unsaturated/α-hetero) is 1. The molecule has 0 saturated heterocycles. The largest absolute Gasteiger partial charge is 0.454 e. The van der Waals surface area contributed by atoms with Crippen LogP contribution in [0.1, 0.15) is 30.7 Å². The van der Waals surface area contributed by atoms with Crippen LogP contribution in [0.5, 0.6) is 11.5 Å². The van der Waals surface area contributed by atoms with Crippen molar-refractivity contribution in [2.75, 3.05) is 11.7 Å².